The average molecular weight is 204 g/mol. The lowest BCUT2D eigenvalue weighted by atomic mass is 10.2. The molecule has 0 radical (unpaired) electrons. The normalized spacial score (nSPS) is 13.2. The largest absolute Gasteiger partial charge is 0.318 e. The fourth-order valence-corrected chi connectivity index (χ4v) is 1.80. The second-order valence-corrected chi connectivity index (χ2v) is 3.64. The van der Waals surface area contributed by atoms with Gasteiger partial charge >= 0.3 is 0 Å². The molecular formula is C11H16N4. The van der Waals surface area contributed by atoms with Crippen LogP contribution in [-0.2, 0) is 0 Å². The first kappa shape index (κ1) is 10.1. The van der Waals surface area contributed by atoms with Gasteiger partial charge in [-0.3, -0.25) is 0 Å². The van der Waals surface area contributed by atoms with Crippen molar-refractivity contribution < 1.29 is 0 Å². The van der Waals surface area contributed by atoms with Crippen LogP contribution in [0.5, 0.6) is 0 Å². The van der Waals surface area contributed by atoms with Crippen molar-refractivity contribution in [2.45, 2.75) is 19.4 Å². The Morgan fingerprint density at radius 1 is 1.40 bits per heavy atom. The molecule has 4 heteroatoms. The van der Waals surface area contributed by atoms with Crippen molar-refractivity contribution >= 4 is 11.0 Å². The molecule has 1 aromatic carbocycles. The van der Waals surface area contributed by atoms with E-state index in [4.69, 9.17) is 0 Å². The summed E-state index contributed by atoms with van der Waals surface area (Å²) in [4.78, 5) is 0. The van der Waals surface area contributed by atoms with E-state index in [2.05, 4.69) is 28.6 Å². The average Bonchev–Trinajstić information content (AvgIpc) is 2.70. The molecule has 0 spiro atoms. The molecule has 1 unspecified atom stereocenters. The maximum Gasteiger partial charge on any atom is 0.113 e. The van der Waals surface area contributed by atoms with Gasteiger partial charge in [-0.1, -0.05) is 24.3 Å². The second-order valence-electron chi connectivity index (χ2n) is 3.64. The summed E-state index contributed by atoms with van der Waals surface area (Å²) in [6.45, 7) is 3.09. The summed E-state index contributed by atoms with van der Waals surface area (Å²) >= 11 is 0. The Morgan fingerprint density at radius 3 is 2.93 bits per heavy atom. The molecule has 1 heterocycles. The zero-order valence-corrected chi connectivity index (χ0v) is 9.14. The molecule has 0 saturated carbocycles. The number of benzene rings is 1. The third-order valence-electron chi connectivity index (χ3n) is 2.63. The molecule has 1 aromatic heterocycles. The van der Waals surface area contributed by atoms with Gasteiger partial charge in [0.15, 0.2) is 0 Å². The summed E-state index contributed by atoms with van der Waals surface area (Å²) < 4.78 is 2.01. The number of nitrogens with zero attached hydrogens (tertiary/aromatic N) is 3. The van der Waals surface area contributed by atoms with Gasteiger partial charge in [-0.25, -0.2) is 4.68 Å². The summed E-state index contributed by atoms with van der Waals surface area (Å²) in [7, 11) is 1.96. The number of hydrogen-bond acceptors (Lipinski definition) is 3. The Bertz CT molecular complexity index is 435. The van der Waals surface area contributed by atoms with Gasteiger partial charge in [-0.15, -0.1) is 5.10 Å². The van der Waals surface area contributed by atoms with Crippen molar-refractivity contribution in [2.24, 2.45) is 0 Å². The van der Waals surface area contributed by atoms with Gasteiger partial charge in [-0.05, 0) is 25.6 Å². The predicted octanol–water partition coefficient (Wildman–Crippen LogP) is 1.60. The fraction of sp³-hybridized carbons (Fsp3) is 0.455. The lowest BCUT2D eigenvalue weighted by molar-refractivity contribution is 0.426. The summed E-state index contributed by atoms with van der Waals surface area (Å²) in [6.07, 6.45) is 1.05. The molecule has 0 amide bonds. The molecule has 0 saturated heterocycles. The van der Waals surface area contributed by atoms with Crippen molar-refractivity contribution in [3.8, 4) is 0 Å². The van der Waals surface area contributed by atoms with Crippen LogP contribution in [0.25, 0.3) is 11.0 Å². The summed E-state index contributed by atoms with van der Waals surface area (Å²) in [5, 5.41) is 11.5. The Kier molecular flexibility index (Phi) is 2.97. The van der Waals surface area contributed by atoms with E-state index in [9.17, 15) is 0 Å². The van der Waals surface area contributed by atoms with Crippen LogP contribution in [0.4, 0.5) is 0 Å². The molecule has 15 heavy (non-hydrogen) atoms. The second kappa shape index (κ2) is 4.40. The quantitative estimate of drug-likeness (QED) is 0.822. The van der Waals surface area contributed by atoms with Gasteiger partial charge < -0.3 is 5.32 Å². The topological polar surface area (TPSA) is 42.7 Å². The molecular weight excluding hydrogens is 188 g/mol. The van der Waals surface area contributed by atoms with Crippen molar-refractivity contribution in [3.05, 3.63) is 24.3 Å². The smallest absolute Gasteiger partial charge is 0.113 e. The minimum Gasteiger partial charge on any atom is -0.318 e. The standard InChI is InChI=1S/C11H16N4/c1-3-9(8-12-2)15-11-7-5-4-6-10(11)13-14-15/h4-7,9,12H,3,8H2,1-2H3. The summed E-state index contributed by atoms with van der Waals surface area (Å²) in [6, 6.07) is 8.44. The number of fused-ring (bicyclic) bond motifs is 1. The van der Waals surface area contributed by atoms with Gasteiger partial charge in [0.25, 0.3) is 0 Å². The van der Waals surface area contributed by atoms with E-state index in [-0.39, 0.29) is 0 Å². The number of para-hydroxylation sites is 1. The van der Waals surface area contributed by atoms with Gasteiger partial charge in [0.05, 0.1) is 11.6 Å². The van der Waals surface area contributed by atoms with Gasteiger partial charge in [-0.2, -0.15) is 0 Å². The van der Waals surface area contributed by atoms with Gasteiger partial charge in [0.1, 0.15) is 5.52 Å². The maximum atomic E-state index is 4.21. The highest BCUT2D eigenvalue weighted by atomic mass is 15.4. The van der Waals surface area contributed by atoms with E-state index in [1.165, 1.54) is 0 Å². The van der Waals surface area contributed by atoms with E-state index in [0.717, 1.165) is 24.0 Å². The minimum absolute atomic E-state index is 0.377. The van der Waals surface area contributed by atoms with Gasteiger partial charge in [0, 0.05) is 6.54 Å². The Morgan fingerprint density at radius 2 is 2.20 bits per heavy atom. The van der Waals surface area contributed by atoms with E-state index < -0.39 is 0 Å². The molecule has 2 rings (SSSR count). The number of hydrogen-bond donors (Lipinski definition) is 1. The molecule has 0 aliphatic rings. The van der Waals surface area contributed by atoms with E-state index in [1.807, 2.05) is 29.9 Å². The Labute approximate surface area is 89.3 Å². The lowest BCUT2D eigenvalue weighted by Crippen LogP contribution is -2.22. The van der Waals surface area contributed by atoms with Crippen molar-refractivity contribution in [1.82, 2.24) is 20.3 Å². The highest BCUT2D eigenvalue weighted by Crippen LogP contribution is 2.16. The van der Waals surface area contributed by atoms with Crippen LogP contribution >= 0.6 is 0 Å². The molecule has 4 nitrogen and oxygen atoms in total. The highest BCUT2D eigenvalue weighted by molar-refractivity contribution is 5.73. The number of aromatic nitrogens is 3. The first-order valence-corrected chi connectivity index (χ1v) is 5.31. The molecule has 1 atom stereocenters. The van der Waals surface area contributed by atoms with Crippen LogP contribution in [0.2, 0.25) is 0 Å². The molecule has 0 aliphatic carbocycles. The van der Waals surface area contributed by atoms with Crippen molar-refractivity contribution in [1.29, 1.82) is 0 Å². The molecule has 1 N–H and O–H groups in total. The van der Waals surface area contributed by atoms with E-state index >= 15 is 0 Å². The summed E-state index contributed by atoms with van der Waals surface area (Å²) in [5.41, 5.74) is 2.08. The van der Waals surface area contributed by atoms with Gasteiger partial charge in [0.2, 0.25) is 0 Å². The number of likely N-dealkylation sites (N-methyl/N-ethyl adjacent to an activating group) is 1. The molecule has 80 valence electrons. The van der Waals surface area contributed by atoms with E-state index in [0.29, 0.717) is 6.04 Å². The monoisotopic (exact) mass is 204 g/mol. The Balaban J connectivity index is 2.41. The lowest BCUT2D eigenvalue weighted by Gasteiger charge is -2.14. The maximum absolute atomic E-state index is 4.21. The van der Waals surface area contributed by atoms with Crippen LogP contribution in [-0.4, -0.2) is 28.6 Å². The predicted molar refractivity (Wildman–Crippen MR) is 60.8 cm³/mol. The first-order valence-electron chi connectivity index (χ1n) is 5.31. The molecule has 0 fully saturated rings. The molecule has 0 bridgehead atoms. The zero-order valence-electron chi connectivity index (χ0n) is 9.14. The SMILES string of the molecule is CCC(CNC)n1nnc2ccccc21. The van der Waals surface area contributed by atoms with Crippen molar-refractivity contribution in [3.63, 3.8) is 0 Å². The van der Waals surface area contributed by atoms with Crippen LogP contribution < -0.4 is 5.32 Å². The molecule has 2 aromatic rings. The fourth-order valence-electron chi connectivity index (χ4n) is 1.80. The van der Waals surface area contributed by atoms with Crippen LogP contribution in [0, 0.1) is 0 Å². The van der Waals surface area contributed by atoms with Crippen LogP contribution in [0.3, 0.4) is 0 Å². The van der Waals surface area contributed by atoms with Crippen LogP contribution in [0.15, 0.2) is 24.3 Å². The zero-order chi connectivity index (χ0) is 10.7. The Hall–Kier alpha value is -1.42. The number of rotatable bonds is 4. The summed E-state index contributed by atoms with van der Waals surface area (Å²) in [5.74, 6) is 0. The minimum atomic E-state index is 0.377. The van der Waals surface area contributed by atoms with Crippen LogP contribution in [0.1, 0.15) is 19.4 Å². The first-order chi connectivity index (χ1) is 7.36. The third-order valence-corrected chi connectivity index (χ3v) is 2.63. The molecule has 0 aliphatic heterocycles. The third kappa shape index (κ3) is 1.85. The highest BCUT2D eigenvalue weighted by Gasteiger charge is 2.12. The van der Waals surface area contributed by atoms with Crippen molar-refractivity contribution in [2.75, 3.05) is 13.6 Å². The van der Waals surface area contributed by atoms with E-state index in [1.54, 1.807) is 0 Å². The number of nitrogens with one attached hydrogen (secondary N) is 1.